The number of imide groups is 1. The van der Waals surface area contributed by atoms with Crippen molar-refractivity contribution < 1.29 is 19.3 Å². The summed E-state index contributed by atoms with van der Waals surface area (Å²) in [4.78, 5) is 54.8. The van der Waals surface area contributed by atoms with Crippen molar-refractivity contribution in [1.82, 2.24) is 0 Å². The highest BCUT2D eigenvalue weighted by molar-refractivity contribution is 9.10. The van der Waals surface area contributed by atoms with Crippen molar-refractivity contribution in [2.45, 2.75) is 12.1 Å². The van der Waals surface area contributed by atoms with Crippen molar-refractivity contribution in [3.8, 4) is 0 Å². The van der Waals surface area contributed by atoms with Crippen LogP contribution in [0.5, 0.6) is 0 Å². The van der Waals surface area contributed by atoms with Crippen LogP contribution < -0.4 is 15.1 Å². The van der Waals surface area contributed by atoms with Gasteiger partial charge in [-0.15, -0.1) is 0 Å². The molecule has 3 aliphatic rings. The molecule has 0 bridgehead atoms. The molecule has 0 aliphatic carbocycles. The zero-order valence-electron chi connectivity index (χ0n) is 19.2. The van der Waals surface area contributed by atoms with Gasteiger partial charge in [0.15, 0.2) is 0 Å². The normalized spacial score (nSPS) is 23.5. The van der Waals surface area contributed by atoms with E-state index in [4.69, 9.17) is 0 Å². The Morgan fingerprint density at radius 2 is 1.59 bits per heavy atom. The van der Waals surface area contributed by atoms with E-state index in [-0.39, 0.29) is 11.6 Å². The molecule has 2 saturated heterocycles. The van der Waals surface area contributed by atoms with Crippen LogP contribution in [0, 0.1) is 22.0 Å². The zero-order valence-corrected chi connectivity index (χ0v) is 20.7. The Kier molecular flexibility index (Phi) is 5.41. The van der Waals surface area contributed by atoms with Crippen LogP contribution in [0.3, 0.4) is 0 Å². The maximum Gasteiger partial charge on any atom is 0.269 e. The van der Waals surface area contributed by atoms with Crippen LogP contribution in [-0.2, 0) is 14.4 Å². The monoisotopic (exact) mass is 558 g/mol. The summed E-state index contributed by atoms with van der Waals surface area (Å²) in [6, 6.07) is 18.5. The average molecular weight is 559 g/mol. The number of carbonyl (C=O) groups is 3. The Labute approximate surface area is 219 Å². The number of para-hydroxylation sites is 1. The number of hydrogen-bond acceptors (Lipinski definition) is 6. The number of nitrogens with one attached hydrogen (secondary N) is 1. The van der Waals surface area contributed by atoms with Crippen molar-refractivity contribution in [1.29, 1.82) is 0 Å². The Bertz CT molecular complexity index is 1490. The van der Waals surface area contributed by atoms with E-state index in [0.29, 0.717) is 11.4 Å². The number of benzene rings is 3. The maximum absolute atomic E-state index is 13.8. The minimum atomic E-state index is -0.965. The van der Waals surface area contributed by atoms with E-state index >= 15 is 0 Å². The Morgan fingerprint density at radius 3 is 2.30 bits per heavy atom. The highest BCUT2D eigenvalue weighted by Crippen LogP contribution is 2.49. The summed E-state index contributed by atoms with van der Waals surface area (Å²) >= 11 is 3.37. The van der Waals surface area contributed by atoms with Gasteiger partial charge in [-0.25, -0.2) is 4.90 Å². The number of nitro benzene ring substituents is 1. The first-order chi connectivity index (χ1) is 17.8. The van der Waals surface area contributed by atoms with Gasteiger partial charge < -0.3 is 10.2 Å². The van der Waals surface area contributed by atoms with Crippen LogP contribution in [0.4, 0.5) is 22.7 Å². The fourth-order valence-electron chi connectivity index (χ4n) is 5.54. The maximum atomic E-state index is 13.8. The molecule has 3 aliphatic heterocycles. The smallest absolute Gasteiger partial charge is 0.269 e. The fourth-order valence-corrected chi connectivity index (χ4v) is 5.81. The summed E-state index contributed by atoms with van der Waals surface area (Å²) in [6.45, 7) is 0. The van der Waals surface area contributed by atoms with Crippen molar-refractivity contribution in [3.05, 3.63) is 99.0 Å². The Morgan fingerprint density at radius 1 is 0.919 bits per heavy atom. The number of nitrogens with zero attached hydrogens (tertiary/aromatic N) is 3. The molecule has 184 valence electrons. The highest BCUT2D eigenvalue weighted by Gasteiger charge is 2.64. The van der Waals surface area contributed by atoms with Crippen molar-refractivity contribution in [2.24, 2.45) is 11.8 Å². The van der Waals surface area contributed by atoms with Crippen LogP contribution in [-0.4, -0.2) is 34.7 Å². The van der Waals surface area contributed by atoms with Crippen LogP contribution in [0.1, 0.15) is 5.56 Å². The number of non-ortho nitro benzene ring substituents is 1. The molecule has 4 atom stereocenters. The van der Waals surface area contributed by atoms with Crippen molar-refractivity contribution in [2.75, 3.05) is 15.1 Å². The minimum absolute atomic E-state index is 0.101. The lowest BCUT2D eigenvalue weighted by Gasteiger charge is -2.36. The average Bonchev–Trinajstić information content (AvgIpc) is 3.38. The number of halogens is 1. The van der Waals surface area contributed by atoms with Crippen LogP contribution >= 0.6 is 15.9 Å². The number of anilines is 3. The molecule has 6 rings (SSSR count). The minimum Gasteiger partial charge on any atom is -0.351 e. The van der Waals surface area contributed by atoms with Crippen LogP contribution in [0.25, 0.3) is 6.08 Å². The highest BCUT2D eigenvalue weighted by atomic mass is 79.9. The molecular formula is C27H19BrN4O5. The molecule has 10 heteroatoms. The second kappa shape index (κ2) is 8.67. The topological polar surface area (TPSA) is 113 Å². The van der Waals surface area contributed by atoms with Gasteiger partial charge in [0, 0.05) is 28.0 Å². The van der Waals surface area contributed by atoms with E-state index in [1.54, 1.807) is 24.3 Å². The lowest BCUT2D eigenvalue weighted by Crippen LogP contribution is -2.50. The first-order valence-corrected chi connectivity index (χ1v) is 12.4. The van der Waals surface area contributed by atoms with Crippen molar-refractivity contribution >= 4 is 62.5 Å². The molecule has 3 amide bonds. The van der Waals surface area contributed by atoms with Gasteiger partial charge in [-0.05, 0) is 48.0 Å². The number of carbonyl (C=O) groups excluding carboxylic acids is 3. The molecule has 0 spiro atoms. The Hall–Kier alpha value is -4.31. The predicted octanol–water partition coefficient (Wildman–Crippen LogP) is 4.39. The van der Waals surface area contributed by atoms with Gasteiger partial charge in [-0.3, -0.25) is 24.5 Å². The summed E-state index contributed by atoms with van der Waals surface area (Å²) in [5.74, 6) is -2.89. The Balaban J connectivity index is 1.40. The zero-order chi connectivity index (χ0) is 25.8. The lowest BCUT2D eigenvalue weighted by atomic mass is 9.88. The number of rotatable bonds is 4. The van der Waals surface area contributed by atoms with E-state index in [0.717, 1.165) is 15.7 Å². The third kappa shape index (κ3) is 3.63. The predicted molar refractivity (Wildman–Crippen MR) is 141 cm³/mol. The number of hydrogen-bond donors (Lipinski definition) is 1. The van der Waals surface area contributed by atoms with Gasteiger partial charge in [0.25, 0.3) is 5.69 Å². The summed E-state index contributed by atoms with van der Waals surface area (Å²) < 4.78 is 0.814. The number of amides is 3. The molecule has 9 nitrogen and oxygen atoms in total. The molecule has 0 radical (unpaired) electrons. The van der Waals surface area contributed by atoms with Gasteiger partial charge >= 0.3 is 0 Å². The number of nitro groups is 1. The molecule has 3 aromatic carbocycles. The molecule has 2 fully saturated rings. The van der Waals surface area contributed by atoms with Crippen LogP contribution in [0.15, 0.2) is 83.3 Å². The van der Waals surface area contributed by atoms with E-state index in [1.807, 2.05) is 41.3 Å². The van der Waals surface area contributed by atoms with Gasteiger partial charge in [0.2, 0.25) is 17.7 Å². The van der Waals surface area contributed by atoms with E-state index in [9.17, 15) is 24.5 Å². The fraction of sp³-hybridized carbons (Fsp3) is 0.148. The third-order valence-electron chi connectivity index (χ3n) is 7.11. The van der Waals surface area contributed by atoms with Gasteiger partial charge in [0.05, 0.1) is 28.5 Å². The molecule has 0 aromatic heterocycles. The lowest BCUT2D eigenvalue weighted by molar-refractivity contribution is -0.384. The van der Waals surface area contributed by atoms with Gasteiger partial charge in [-0.1, -0.05) is 46.3 Å². The number of fused-ring (bicyclic) bond motifs is 5. The molecule has 3 aromatic rings. The molecule has 3 heterocycles. The largest absolute Gasteiger partial charge is 0.351 e. The second-order valence-corrected chi connectivity index (χ2v) is 10.0. The molecule has 37 heavy (non-hydrogen) atoms. The second-order valence-electron chi connectivity index (χ2n) is 9.09. The van der Waals surface area contributed by atoms with Gasteiger partial charge in [0.1, 0.15) is 6.04 Å². The first-order valence-electron chi connectivity index (χ1n) is 11.6. The first kappa shape index (κ1) is 23.1. The van der Waals surface area contributed by atoms with Crippen molar-refractivity contribution in [3.63, 3.8) is 0 Å². The van der Waals surface area contributed by atoms with E-state index in [1.165, 1.54) is 29.2 Å². The van der Waals surface area contributed by atoms with E-state index < -0.39 is 40.7 Å². The molecule has 0 unspecified atom stereocenters. The molecule has 0 saturated carbocycles. The summed E-state index contributed by atoms with van der Waals surface area (Å²) in [5.41, 5.74) is 2.36. The molecule has 1 N–H and O–H groups in total. The third-order valence-corrected chi connectivity index (χ3v) is 7.64. The standard InChI is InChI=1S/C27H19BrN4O5/c28-16-6-10-18(11-7-16)30-26(34)22-21-14-5-15-3-1-2-4-20(15)31(21)24(23(22)27(30)35)25(33)29-17-8-12-19(13-9-17)32(36)37/h1-14,21-24H,(H,29,33)/t21-,22+,23-,24+/m1/s1. The molecular weight excluding hydrogens is 540 g/mol. The SMILES string of the molecule is O=C(Nc1ccc([N+](=O)[O-])cc1)[C@@H]1[C@@H]2C(=O)N(c3ccc(Br)cc3)C(=O)[C@H]2[C@H]2C=Cc3ccccc3N21. The quantitative estimate of drug-likeness (QED) is 0.288. The summed E-state index contributed by atoms with van der Waals surface area (Å²) in [7, 11) is 0. The summed E-state index contributed by atoms with van der Waals surface area (Å²) in [5, 5.41) is 13.8. The summed E-state index contributed by atoms with van der Waals surface area (Å²) in [6.07, 6.45) is 3.81. The van der Waals surface area contributed by atoms with E-state index in [2.05, 4.69) is 21.2 Å². The van der Waals surface area contributed by atoms with Crippen LogP contribution in [0.2, 0.25) is 0 Å². The van der Waals surface area contributed by atoms with Gasteiger partial charge in [-0.2, -0.15) is 0 Å².